The second kappa shape index (κ2) is 9.87. The van der Waals surface area contributed by atoms with Crippen molar-refractivity contribution in [2.75, 3.05) is 51.7 Å². The van der Waals surface area contributed by atoms with E-state index in [1.165, 1.54) is 0 Å². The van der Waals surface area contributed by atoms with Crippen LogP contribution in [0.3, 0.4) is 0 Å². The van der Waals surface area contributed by atoms with Gasteiger partial charge in [0.2, 0.25) is 17.7 Å². The Morgan fingerprint density at radius 1 is 1.10 bits per heavy atom. The van der Waals surface area contributed by atoms with Gasteiger partial charge in [0.25, 0.3) is 0 Å². The molecule has 2 aliphatic heterocycles. The van der Waals surface area contributed by atoms with Crippen LogP contribution < -0.4 is 10.2 Å². The first-order chi connectivity index (χ1) is 14.0. The minimum absolute atomic E-state index is 0.00142. The smallest absolute Gasteiger partial charge is 0.228 e. The summed E-state index contributed by atoms with van der Waals surface area (Å²) in [7, 11) is 4.04. The maximum Gasteiger partial charge on any atom is 0.228 e. The molecule has 0 radical (unpaired) electrons. The molecule has 1 aromatic carbocycles. The molecule has 1 aromatic rings. The fraction of sp³-hybridized carbons (Fsp3) is 0.591. The number of rotatable bonds is 7. The number of hydrogen-bond acceptors (Lipinski definition) is 4. The monoisotopic (exact) mass is 400 g/mol. The Morgan fingerprint density at radius 2 is 1.79 bits per heavy atom. The second-order valence-corrected chi connectivity index (χ2v) is 8.29. The first kappa shape index (κ1) is 21.3. The average molecular weight is 401 g/mol. The number of piperidine rings is 1. The number of amides is 3. The lowest BCUT2D eigenvalue weighted by Crippen LogP contribution is -2.45. The number of likely N-dealkylation sites (tertiary alicyclic amines) is 1. The van der Waals surface area contributed by atoms with Crippen LogP contribution >= 0.6 is 0 Å². The highest BCUT2D eigenvalue weighted by Crippen LogP contribution is 2.27. The third-order valence-corrected chi connectivity index (χ3v) is 5.80. The van der Waals surface area contributed by atoms with Crippen molar-refractivity contribution in [3.05, 3.63) is 30.3 Å². The molecule has 0 saturated carbocycles. The van der Waals surface area contributed by atoms with Gasteiger partial charge in [-0.3, -0.25) is 14.4 Å². The van der Waals surface area contributed by atoms with Crippen LogP contribution in [-0.2, 0) is 14.4 Å². The van der Waals surface area contributed by atoms with E-state index in [0.717, 1.165) is 18.7 Å². The number of nitrogens with one attached hydrogen (secondary N) is 1. The van der Waals surface area contributed by atoms with Gasteiger partial charge in [0.05, 0.1) is 5.92 Å². The van der Waals surface area contributed by atoms with Gasteiger partial charge < -0.3 is 20.0 Å². The van der Waals surface area contributed by atoms with E-state index in [9.17, 15) is 14.4 Å². The first-order valence-electron chi connectivity index (χ1n) is 10.5. The molecular formula is C22H32N4O3. The third kappa shape index (κ3) is 5.56. The number of benzene rings is 1. The first-order valence-corrected chi connectivity index (χ1v) is 10.5. The van der Waals surface area contributed by atoms with Crippen LogP contribution in [0, 0.1) is 11.8 Å². The minimum atomic E-state index is -0.292. The zero-order valence-electron chi connectivity index (χ0n) is 17.5. The van der Waals surface area contributed by atoms with E-state index < -0.39 is 0 Å². The molecule has 29 heavy (non-hydrogen) atoms. The topological polar surface area (TPSA) is 73.0 Å². The predicted octanol–water partition coefficient (Wildman–Crippen LogP) is 1.35. The van der Waals surface area contributed by atoms with E-state index in [1.807, 2.05) is 49.3 Å². The maximum absolute atomic E-state index is 12.9. The molecule has 0 aromatic heterocycles. The Labute approximate surface area is 173 Å². The van der Waals surface area contributed by atoms with Gasteiger partial charge in [0.1, 0.15) is 0 Å². The van der Waals surface area contributed by atoms with E-state index in [4.69, 9.17) is 0 Å². The SMILES string of the molecule is CN(C)CCCNC(=O)C1CCN(C(=O)C2CC(=O)N(c3ccccc3)C2)CC1. The summed E-state index contributed by atoms with van der Waals surface area (Å²) in [6.07, 6.45) is 2.58. The fourth-order valence-electron chi connectivity index (χ4n) is 4.10. The molecule has 3 amide bonds. The number of nitrogens with zero attached hydrogens (tertiary/aromatic N) is 3. The molecule has 2 fully saturated rings. The average Bonchev–Trinajstić information content (AvgIpc) is 3.12. The highest BCUT2D eigenvalue weighted by Gasteiger charge is 2.38. The van der Waals surface area contributed by atoms with Crippen LogP contribution in [-0.4, -0.2) is 74.3 Å². The van der Waals surface area contributed by atoms with Gasteiger partial charge in [-0.1, -0.05) is 18.2 Å². The lowest BCUT2D eigenvalue weighted by Gasteiger charge is -2.33. The van der Waals surface area contributed by atoms with Crippen molar-refractivity contribution >= 4 is 23.4 Å². The molecule has 7 nitrogen and oxygen atoms in total. The molecule has 0 aliphatic carbocycles. The molecule has 158 valence electrons. The fourth-order valence-corrected chi connectivity index (χ4v) is 4.10. The number of hydrogen-bond donors (Lipinski definition) is 1. The summed E-state index contributed by atoms with van der Waals surface area (Å²) < 4.78 is 0. The Morgan fingerprint density at radius 3 is 2.45 bits per heavy atom. The van der Waals surface area contributed by atoms with Crippen molar-refractivity contribution in [2.24, 2.45) is 11.8 Å². The number of para-hydroxylation sites is 1. The molecule has 1 unspecified atom stereocenters. The van der Waals surface area contributed by atoms with Crippen LogP contribution in [0.15, 0.2) is 30.3 Å². The van der Waals surface area contributed by atoms with Gasteiger partial charge in [-0.25, -0.2) is 0 Å². The van der Waals surface area contributed by atoms with E-state index >= 15 is 0 Å². The van der Waals surface area contributed by atoms with Gasteiger partial charge in [-0.05, 0) is 52.0 Å². The Bertz CT molecular complexity index is 714. The zero-order valence-corrected chi connectivity index (χ0v) is 17.5. The summed E-state index contributed by atoms with van der Waals surface area (Å²) in [6.45, 7) is 3.26. The molecule has 1 N–H and O–H groups in total. The predicted molar refractivity (Wildman–Crippen MR) is 112 cm³/mol. The summed E-state index contributed by atoms with van der Waals surface area (Å²) in [5.74, 6) is -0.172. The van der Waals surface area contributed by atoms with Crippen molar-refractivity contribution < 1.29 is 14.4 Å². The van der Waals surface area contributed by atoms with E-state index in [1.54, 1.807) is 4.90 Å². The summed E-state index contributed by atoms with van der Waals surface area (Å²) in [6, 6.07) is 9.50. The highest BCUT2D eigenvalue weighted by molar-refractivity contribution is 6.00. The Kier molecular flexibility index (Phi) is 7.25. The standard InChI is InChI=1S/C22H32N4O3/c1-24(2)12-6-11-23-21(28)17-9-13-25(14-10-17)22(29)18-15-20(27)26(16-18)19-7-4-3-5-8-19/h3-5,7-8,17-18H,6,9-16H2,1-2H3,(H,23,28). The molecule has 2 heterocycles. The van der Waals surface area contributed by atoms with Crippen LogP contribution in [0.2, 0.25) is 0 Å². The Balaban J connectivity index is 1.44. The van der Waals surface area contributed by atoms with Crippen LogP contribution in [0.1, 0.15) is 25.7 Å². The third-order valence-electron chi connectivity index (χ3n) is 5.80. The van der Waals surface area contributed by atoms with Gasteiger partial charge in [-0.15, -0.1) is 0 Å². The van der Waals surface area contributed by atoms with Crippen molar-refractivity contribution in [1.29, 1.82) is 0 Å². The summed E-state index contributed by atoms with van der Waals surface area (Å²) in [4.78, 5) is 43.3. The van der Waals surface area contributed by atoms with Crippen LogP contribution in [0.25, 0.3) is 0 Å². The normalized spacial score (nSPS) is 20.4. The summed E-state index contributed by atoms with van der Waals surface area (Å²) in [5.41, 5.74) is 0.845. The number of carbonyl (C=O) groups is 3. The van der Waals surface area contributed by atoms with Gasteiger partial charge >= 0.3 is 0 Å². The van der Waals surface area contributed by atoms with Crippen molar-refractivity contribution in [3.8, 4) is 0 Å². The van der Waals surface area contributed by atoms with E-state index in [-0.39, 0.29) is 36.0 Å². The maximum atomic E-state index is 12.9. The minimum Gasteiger partial charge on any atom is -0.356 e. The summed E-state index contributed by atoms with van der Waals surface area (Å²) in [5, 5.41) is 3.02. The number of carbonyl (C=O) groups excluding carboxylic acids is 3. The van der Waals surface area contributed by atoms with E-state index in [2.05, 4.69) is 10.2 Å². The quantitative estimate of drug-likeness (QED) is 0.701. The second-order valence-electron chi connectivity index (χ2n) is 8.29. The molecular weight excluding hydrogens is 368 g/mol. The highest BCUT2D eigenvalue weighted by atomic mass is 16.2. The van der Waals surface area contributed by atoms with Gasteiger partial charge in [0, 0.05) is 44.2 Å². The van der Waals surface area contributed by atoms with E-state index in [0.29, 0.717) is 39.0 Å². The molecule has 1 atom stereocenters. The van der Waals surface area contributed by atoms with Crippen molar-refractivity contribution in [3.63, 3.8) is 0 Å². The number of anilines is 1. The van der Waals surface area contributed by atoms with Gasteiger partial charge in [0.15, 0.2) is 0 Å². The summed E-state index contributed by atoms with van der Waals surface area (Å²) >= 11 is 0. The van der Waals surface area contributed by atoms with Crippen LogP contribution in [0.4, 0.5) is 5.69 Å². The van der Waals surface area contributed by atoms with Gasteiger partial charge in [-0.2, -0.15) is 0 Å². The van der Waals surface area contributed by atoms with Crippen LogP contribution in [0.5, 0.6) is 0 Å². The molecule has 2 aliphatic rings. The molecule has 0 spiro atoms. The lowest BCUT2D eigenvalue weighted by atomic mass is 9.94. The molecule has 7 heteroatoms. The molecule has 3 rings (SSSR count). The molecule has 0 bridgehead atoms. The zero-order chi connectivity index (χ0) is 20.8. The molecule has 2 saturated heterocycles. The van der Waals surface area contributed by atoms with Crippen molar-refractivity contribution in [2.45, 2.75) is 25.7 Å². The Hall–Kier alpha value is -2.41. The lowest BCUT2D eigenvalue weighted by molar-refractivity contribution is -0.139. The van der Waals surface area contributed by atoms with Crippen molar-refractivity contribution in [1.82, 2.24) is 15.1 Å². The largest absolute Gasteiger partial charge is 0.356 e.